The summed E-state index contributed by atoms with van der Waals surface area (Å²) in [5.74, 6) is 0.884. The van der Waals surface area contributed by atoms with Crippen LogP contribution in [-0.2, 0) is 6.54 Å². The number of benzene rings is 1. The standard InChI is InChI=1S/C14H18N2O/c1-17-14-6-5-12(10-15)9-13(14)11-16-7-3-2-4-8-16/h5-6,9H,2-4,7-8,11H2,1H3. The van der Waals surface area contributed by atoms with Gasteiger partial charge in [0.25, 0.3) is 0 Å². The van der Waals surface area contributed by atoms with Crippen LogP contribution in [0.2, 0.25) is 0 Å². The van der Waals surface area contributed by atoms with Gasteiger partial charge in [-0.3, -0.25) is 4.90 Å². The van der Waals surface area contributed by atoms with E-state index in [0.29, 0.717) is 5.56 Å². The Morgan fingerprint density at radius 1 is 1.29 bits per heavy atom. The van der Waals surface area contributed by atoms with Crippen molar-refractivity contribution in [2.75, 3.05) is 20.2 Å². The van der Waals surface area contributed by atoms with Crippen molar-refractivity contribution >= 4 is 0 Å². The number of hydrogen-bond donors (Lipinski definition) is 0. The Hall–Kier alpha value is -1.53. The van der Waals surface area contributed by atoms with Crippen LogP contribution in [-0.4, -0.2) is 25.1 Å². The molecule has 1 saturated heterocycles. The monoisotopic (exact) mass is 230 g/mol. The summed E-state index contributed by atoms with van der Waals surface area (Å²) < 4.78 is 5.35. The summed E-state index contributed by atoms with van der Waals surface area (Å²) in [6, 6.07) is 7.81. The van der Waals surface area contributed by atoms with Gasteiger partial charge < -0.3 is 4.74 Å². The predicted octanol–water partition coefficient (Wildman–Crippen LogP) is 2.55. The van der Waals surface area contributed by atoms with Crippen molar-refractivity contribution in [2.24, 2.45) is 0 Å². The highest BCUT2D eigenvalue weighted by Gasteiger charge is 2.13. The molecule has 1 heterocycles. The highest BCUT2D eigenvalue weighted by atomic mass is 16.5. The van der Waals surface area contributed by atoms with Crippen LogP contribution >= 0.6 is 0 Å². The number of piperidine rings is 1. The average Bonchev–Trinajstić information content (AvgIpc) is 2.40. The van der Waals surface area contributed by atoms with Crippen molar-refractivity contribution in [3.05, 3.63) is 29.3 Å². The summed E-state index contributed by atoms with van der Waals surface area (Å²) in [6.07, 6.45) is 3.90. The zero-order valence-corrected chi connectivity index (χ0v) is 10.3. The molecule has 1 fully saturated rings. The predicted molar refractivity (Wildman–Crippen MR) is 66.8 cm³/mol. The van der Waals surface area contributed by atoms with E-state index in [-0.39, 0.29) is 0 Å². The minimum absolute atomic E-state index is 0.706. The molecule has 0 N–H and O–H groups in total. The quantitative estimate of drug-likeness (QED) is 0.800. The van der Waals surface area contributed by atoms with Crippen LogP contribution in [0.25, 0.3) is 0 Å². The third-order valence-corrected chi connectivity index (χ3v) is 3.25. The molecule has 0 atom stereocenters. The molecule has 0 unspecified atom stereocenters. The number of nitriles is 1. The van der Waals surface area contributed by atoms with Crippen molar-refractivity contribution in [3.8, 4) is 11.8 Å². The van der Waals surface area contributed by atoms with Gasteiger partial charge in [-0.1, -0.05) is 6.42 Å². The maximum absolute atomic E-state index is 8.93. The van der Waals surface area contributed by atoms with Crippen LogP contribution < -0.4 is 4.74 Å². The molecule has 3 heteroatoms. The minimum Gasteiger partial charge on any atom is -0.496 e. The zero-order valence-electron chi connectivity index (χ0n) is 10.3. The first-order chi connectivity index (χ1) is 8.33. The van der Waals surface area contributed by atoms with E-state index in [1.54, 1.807) is 13.2 Å². The Kier molecular flexibility index (Phi) is 4.00. The zero-order chi connectivity index (χ0) is 12.1. The lowest BCUT2D eigenvalue weighted by atomic mass is 10.1. The molecular formula is C14H18N2O. The normalized spacial score (nSPS) is 16.5. The molecule has 2 rings (SSSR count). The van der Waals surface area contributed by atoms with Gasteiger partial charge in [0.2, 0.25) is 0 Å². The van der Waals surface area contributed by atoms with Gasteiger partial charge in [0.05, 0.1) is 18.7 Å². The van der Waals surface area contributed by atoms with E-state index in [1.165, 1.54) is 19.3 Å². The maximum Gasteiger partial charge on any atom is 0.123 e. The van der Waals surface area contributed by atoms with E-state index in [2.05, 4.69) is 11.0 Å². The fraction of sp³-hybridized carbons (Fsp3) is 0.500. The third kappa shape index (κ3) is 2.98. The Morgan fingerprint density at radius 3 is 2.71 bits per heavy atom. The lowest BCUT2D eigenvalue weighted by molar-refractivity contribution is 0.218. The third-order valence-electron chi connectivity index (χ3n) is 3.25. The second kappa shape index (κ2) is 5.70. The van der Waals surface area contributed by atoms with Crippen LogP contribution in [0.4, 0.5) is 0 Å². The van der Waals surface area contributed by atoms with Crippen LogP contribution in [0.5, 0.6) is 5.75 Å². The van der Waals surface area contributed by atoms with Crippen molar-refractivity contribution < 1.29 is 4.74 Å². The molecule has 1 aliphatic rings. The van der Waals surface area contributed by atoms with Gasteiger partial charge in [-0.25, -0.2) is 0 Å². The topological polar surface area (TPSA) is 36.3 Å². The molecule has 3 nitrogen and oxygen atoms in total. The van der Waals surface area contributed by atoms with Crippen molar-refractivity contribution in [3.63, 3.8) is 0 Å². The highest BCUT2D eigenvalue weighted by molar-refractivity contribution is 5.42. The fourth-order valence-corrected chi connectivity index (χ4v) is 2.33. The maximum atomic E-state index is 8.93. The number of likely N-dealkylation sites (tertiary alicyclic amines) is 1. The molecule has 17 heavy (non-hydrogen) atoms. The van der Waals surface area contributed by atoms with E-state index in [4.69, 9.17) is 10.00 Å². The lowest BCUT2D eigenvalue weighted by Gasteiger charge is -2.27. The summed E-state index contributed by atoms with van der Waals surface area (Å²) in [5, 5.41) is 8.93. The molecule has 1 aliphatic heterocycles. The summed E-state index contributed by atoms with van der Waals surface area (Å²) in [6.45, 7) is 3.19. The second-order valence-electron chi connectivity index (χ2n) is 4.48. The Balaban J connectivity index is 2.14. The molecule has 90 valence electrons. The first-order valence-electron chi connectivity index (χ1n) is 6.13. The van der Waals surface area contributed by atoms with E-state index in [0.717, 1.165) is 30.9 Å². The molecule has 0 radical (unpaired) electrons. The lowest BCUT2D eigenvalue weighted by Crippen LogP contribution is -2.29. The number of rotatable bonds is 3. The Bertz CT molecular complexity index is 417. The molecular weight excluding hydrogens is 212 g/mol. The summed E-state index contributed by atoms with van der Waals surface area (Å²) in [4.78, 5) is 2.43. The molecule has 0 saturated carbocycles. The molecule has 0 bridgehead atoms. The van der Waals surface area contributed by atoms with E-state index in [9.17, 15) is 0 Å². The van der Waals surface area contributed by atoms with Crippen LogP contribution in [0.3, 0.4) is 0 Å². The summed E-state index contributed by atoms with van der Waals surface area (Å²) >= 11 is 0. The molecule has 0 amide bonds. The van der Waals surface area contributed by atoms with Crippen molar-refractivity contribution in [1.29, 1.82) is 5.26 Å². The SMILES string of the molecule is COc1ccc(C#N)cc1CN1CCCCC1. The Morgan fingerprint density at radius 2 is 2.06 bits per heavy atom. The summed E-state index contributed by atoms with van der Waals surface area (Å²) in [7, 11) is 1.68. The van der Waals surface area contributed by atoms with Crippen LogP contribution in [0.1, 0.15) is 30.4 Å². The second-order valence-corrected chi connectivity index (χ2v) is 4.48. The van der Waals surface area contributed by atoms with Gasteiger partial charge in [0.15, 0.2) is 0 Å². The molecule has 0 spiro atoms. The van der Waals surface area contributed by atoms with Crippen molar-refractivity contribution in [2.45, 2.75) is 25.8 Å². The van der Waals surface area contributed by atoms with Gasteiger partial charge >= 0.3 is 0 Å². The molecule has 0 aromatic heterocycles. The van der Waals surface area contributed by atoms with Gasteiger partial charge in [0.1, 0.15) is 5.75 Å². The van der Waals surface area contributed by atoms with E-state index < -0.39 is 0 Å². The average molecular weight is 230 g/mol. The molecule has 1 aromatic rings. The van der Waals surface area contributed by atoms with Gasteiger partial charge in [0, 0.05) is 12.1 Å². The number of nitrogens with zero attached hydrogens (tertiary/aromatic N) is 2. The first kappa shape index (κ1) is 11.9. The number of methoxy groups -OCH3 is 1. The molecule has 0 aliphatic carbocycles. The van der Waals surface area contributed by atoms with E-state index in [1.807, 2.05) is 12.1 Å². The van der Waals surface area contributed by atoms with Gasteiger partial charge in [-0.05, 0) is 44.1 Å². The Labute approximate surface area is 103 Å². The van der Waals surface area contributed by atoms with Crippen LogP contribution in [0, 0.1) is 11.3 Å². The number of ether oxygens (including phenoxy) is 1. The smallest absolute Gasteiger partial charge is 0.123 e. The largest absolute Gasteiger partial charge is 0.496 e. The highest BCUT2D eigenvalue weighted by Crippen LogP contribution is 2.22. The van der Waals surface area contributed by atoms with Crippen molar-refractivity contribution in [1.82, 2.24) is 4.90 Å². The van der Waals surface area contributed by atoms with Crippen LogP contribution in [0.15, 0.2) is 18.2 Å². The number of hydrogen-bond acceptors (Lipinski definition) is 3. The van der Waals surface area contributed by atoms with Gasteiger partial charge in [-0.15, -0.1) is 0 Å². The van der Waals surface area contributed by atoms with Gasteiger partial charge in [-0.2, -0.15) is 5.26 Å². The molecule has 1 aromatic carbocycles. The fourth-order valence-electron chi connectivity index (χ4n) is 2.33. The summed E-state index contributed by atoms with van der Waals surface area (Å²) in [5.41, 5.74) is 1.83. The minimum atomic E-state index is 0.706. The first-order valence-corrected chi connectivity index (χ1v) is 6.13. The van der Waals surface area contributed by atoms with E-state index >= 15 is 0 Å².